The van der Waals surface area contributed by atoms with E-state index in [1.807, 2.05) is 0 Å². The number of rotatable bonds is 8. The van der Waals surface area contributed by atoms with Crippen LogP contribution in [0.1, 0.15) is 54.8 Å². The van der Waals surface area contributed by atoms with Crippen LogP contribution in [0, 0.1) is 0 Å². The first kappa shape index (κ1) is 15.3. The molecule has 0 spiro atoms. The van der Waals surface area contributed by atoms with Crippen molar-refractivity contribution in [2.24, 2.45) is 0 Å². The van der Waals surface area contributed by atoms with E-state index in [-0.39, 0.29) is 5.78 Å². The molecule has 0 atom stereocenters. The van der Waals surface area contributed by atoms with Gasteiger partial charge in [-0.1, -0.05) is 13.8 Å². The number of thiophene rings is 1. The monoisotopic (exact) mass is 295 g/mol. The van der Waals surface area contributed by atoms with Crippen molar-refractivity contribution >= 4 is 27.8 Å². The maximum absolute atomic E-state index is 11.6. The van der Waals surface area contributed by atoms with Crippen molar-refractivity contribution < 1.29 is 4.79 Å². The van der Waals surface area contributed by atoms with Crippen molar-refractivity contribution in [3.8, 4) is 0 Å². The van der Waals surface area contributed by atoms with Crippen LogP contribution >= 0.6 is 11.3 Å². The summed E-state index contributed by atoms with van der Waals surface area (Å²) in [5, 5.41) is 4.61. The Morgan fingerprint density at radius 3 is 2.55 bits per heavy atom. The zero-order chi connectivity index (χ0) is 14.7. The minimum atomic E-state index is 0.0752. The van der Waals surface area contributed by atoms with E-state index in [0.29, 0.717) is 5.92 Å². The molecule has 5 heteroatoms. The molecule has 0 aliphatic heterocycles. The van der Waals surface area contributed by atoms with Crippen LogP contribution in [0.15, 0.2) is 0 Å². The molecule has 4 nitrogen and oxygen atoms in total. The first-order valence-corrected chi connectivity index (χ1v) is 8.29. The van der Waals surface area contributed by atoms with Gasteiger partial charge in [-0.15, -0.1) is 11.3 Å². The zero-order valence-electron chi connectivity index (χ0n) is 12.7. The number of carbonyl (C=O) groups excluding carboxylic acids is 1. The Morgan fingerprint density at radius 2 is 2.05 bits per heavy atom. The van der Waals surface area contributed by atoms with Crippen LogP contribution in [0.25, 0.3) is 0 Å². The number of anilines is 2. The van der Waals surface area contributed by atoms with E-state index in [1.54, 1.807) is 6.92 Å². The molecule has 0 bridgehead atoms. The maximum atomic E-state index is 11.6. The van der Waals surface area contributed by atoms with E-state index in [4.69, 9.17) is 5.73 Å². The number of nitrogens with one attached hydrogen (secondary N) is 1. The van der Waals surface area contributed by atoms with Gasteiger partial charge in [0, 0.05) is 25.6 Å². The lowest BCUT2D eigenvalue weighted by molar-refractivity contribution is 0.102. The largest absolute Gasteiger partial charge is 0.397 e. The van der Waals surface area contributed by atoms with Crippen LogP contribution < -0.4 is 11.1 Å². The average Bonchev–Trinajstić information content (AvgIpc) is 3.19. The van der Waals surface area contributed by atoms with Crippen molar-refractivity contribution in [3.63, 3.8) is 0 Å². The first-order chi connectivity index (χ1) is 9.58. The minimum Gasteiger partial charge on any atom is -0.397 e. The van der Waals surface area contributed by atoms with E-state index in [0.717, 1.165) is 41.7 Å². The second kappa shape index (κ2) is 6.59. The molecule has 1 saturated carbocycles. The molecule has 2 rings (SSSR count). The van der Waals surface area contributed by atoms with Gasteiger partial charge in [-0.2, -0.15) is 0 Å². The van der Waals surface area contributed by atoms with Crippen LogP contribution in [-0.2, 0) is 0 Å². The van der Waals surface area contributed by atoms with Crippen molar-refractivity contribution in [3.05, 3.63) is 10.4 Å². The summed E-state index contributed by atoms with van der Waals surface area (Å²) < 4.78 is 0. The van der Waals surface area contributed by atoms with E-state index in [1.165, 1.54) is 29.7 Å². The molecule has 0 aromatic carbocycles. The number of nitrogens with two attached hydrogens (primary N) is 1. The number of nitrogens with zero attached hydrogens (tertiary/aromatic N) is 1. The van der Waals surface area contributed by atoms with Gasteiger partial charge in [-0.3, -0.25) is 4.79 Å². The predicted octanol–water partition coefficient (Wildman–Crippen LogP) is 3.16. The number of Topliss-reactive ketones (excluding diaryl/α,β-unsaturated/α-hetero) is 1. The molecule has 112 valence electrons. The van der Waals surface area contributed by atoms with Gasteiger partial charge in [0.05, 0.1) is 15.6 Å². The lowest BCUT2D eigenvalue weighted by Crippen LogP contribution is -2.28. The third kappa shape index (κ3) is 3.33. The fraction of sp³-hybridized carbons (Fsp3) is 0.667. The molecular formula is C15H25N3OS. The van der Waals surface area contributed by atoms with Crippen LogP contribution in [0.4, 0.5) is 10.7 Å². The molecule has 3 N–H and O–H groups in total. The molecule has 1 aliphatic carbocycles. The molecule has 0 amide bonds. The minimum absolute atomic E-state index is 0.0752. The summed E-state index contributed by atoms with van der Waals surface area (Å²) in [4.78, 5) is 14.7. The number of nitrogen functional groups attached to an aromatic ring is 1. The van der Waals surface area contributed by atoms with Gasteiger partial charge < -0.3 is 16.0 Å². The fourth-order valence-corrected chi connectivity index (χ4v) is 3.62. The molecule has 1 fully saturated rings. The summed E-state index contributed by atoms with van der Waals surface area (Å²) in [6.45, 7) is 10.0. The van der Waals surface area contributed by atoms with Crippen molar-refractivity contribution in [1.29, 1.82) is 0 Å². The summed E-state index contributed by atoms with van der Waals surface area (Å²) in [6.07, 6.45) is 2.39. The van der Waals surface area contributed by atoms with Gasteiger partial charge >= 0.3 is 0 Å². The standard InChI is InChI=1S/C15H25N3OS/c1-4-18(5-2)9-8-17-15-12(11-6-7-11)13(16)14(20-15)10(3)19/h11,17H,4-9,16H2,1-3H3. The highest BCUT2D eigenvalue weighted by atomic mass is 32.1. The fourth-order valence-electron chi connectivity index (χ4n) is 2.49. The molecule has 0 saturated heterocycles. The van der Waals surface area contributed by atoms with Gasteiger partial charge in [-0.05, 0) is 31.8 Å². The quantitative estimate of drug-likeness (QED) is 0.723. The summed E-state index contributed by atoms with van der Waals surface area (Å²) in [6, 6.07) is 0. The zero-order valence-corrected chi connectivity index (χ0v) is 13.5. The molecule has 1 aromatic heterocycles. The summed E-state index contributed by atoms with van der Waals surface area (Å²) in [7, 11) is 0. The third-order valence-corrected chi connectivity index (χ3v) is 5.18. The Hall–Kier alpha value is -1.07. The lowest BCUT2D eigenvalue weighted by Gasteiger charge is -2.18. The average molecular weight is 295 g/mol. The van der Waals surface area contributed by atoms with E-state index >= 15 is 0 Å². The topological polar surface area (TPSA) is 58.4 Å². The van der Waals surface area contributed by atoms with Crippen LogP contribution in [0.3, 0.4) is 0 Å². The first-order valence-electron chi connectivity index (χ1n) is 7.47. The van der Waals surface area contributed by atoms with Gasteiger partial charge in [0.2, 0.25) is 0 Å². The molecular weight excluding hydrogens is 270 g/mol. The lowest BCUT2D eigenvalue weighted by atomic mass is 10.1. The maximum Gasteiger partial charge on any atom is 0.171 e. The van der Waals surface area contributed by atoms with E-state index < -0.39 is 0 Å². The molecule has 1 aromatic rings. The molecule has 1 aliphatic rings. The summed E-state index contributed by atoms with van der Waals surface area (Å²) in [5.74, 6) is 0.640. The highest BCUT2D eigenvalue weighted by Crippen LogP contribution is 2.50. The Morgan fingerprint density at radius 1 is 1.40 bits per heavy atom. The normalized spacial score (nSPS) is 14.8. The number of likely N-dealkylation sites (N-methyl/N-ethyl adjacent to an activating group) is 1. The van der Waals surface area contributed by atoms with Crippen molar-refractivity contribution in [2.45, 2.75) is 39.5 Å². The molecule has 0 unspecified atom stereocenters. The predicted molar refractivity (Wildman–Crippen MR) is 87.0 cm³/mol. The Labute approximate surface area is 125 Å². The smallest absolute Gasteiger partial charge is 0.171 e. The highest BCUT2D eigenvalue weighted by molar-refractivity contribution is 7.18. The van der Waals surface area contributed by atoms with Gasteiger partial charge in [0.1, 0.15) is 0 Å². The Balaban J connectivity index is 2.07. The number of carbonyl (C=O) groups is 1. The number of ketones is 1. The Bertz CT molecular complexity index is 476. The van der Waals surface area contributed by atoms with E-state index in [9.17, 15) is 4.79 Å². The number of hydrogen-bond donors (Lipinski definition) is 2. The van der Waals surface area contributed by atoms with Gasteiger partial charge in [0.15, 0.2) is 5.78 Å². The number of hydrogen-bond acceptors (Lipinski definition) is 5. The Kier molecular flexibility index (Phi) is 5.05. The third-order valence-electron chi connectivity index (χ3n) is 3.90. The van der Waals surface area contributed by atoms with Crippen LogP contribution in [-0.4, -0.2) is 36.9 Å². The van der Waals surface area contributed by atoms with Crippen molar-refractivity contribution in [2.75, 3.05) is 37.2 Å². The molecule has 1 heterocycles. The molecule has 20 heavy (non-hydrogen) atoms. The van der Waals surface area contributed by atoms with E-state index in [2.05, 4.69) is 24.1 Å². The van der Waals surface area contributed by atoms with Crippen molar-refractivity contribution in [1.82, 2.24) is 4.90 Å². The van der Waals surface area contributed by atoms with Gasteiger partial charge in [0.25, 0.3) is 0 Å². The van der Waals surface area contributed by atoms with Crippen LogP contribution in [0.2, 0.25) is 0 Å². The molecule has 0 radical (unpaired) electrons. The summed E-state index contributed by atoms with van der Waals surface area (Å²) in [5.41, 5.74) is 8.08. The SMILES string of the molecule is CCN(CC)CCNc1sc(C(C)=O)c(N)c1C1CC1. The second-order valence-corrected chi connectivity index (χ2v) is 6.39. The second-order valence-electron chi connectivity index (χ2n) is 5.37. The summed E-state index contributed by atoms with van der Waals surface area (Å²) >= 11 is 1.53. The van der Waals surface area contributed by atoms with Crippen LogP contribution in [0.5, 0.6) is 0 Å². The van der Waals surface area contributed by atoms with Gasteiger partial charge in [-0.25, -0.2) is 0 Å². The highest BCUT2D eigenvalue weighted by Gasteiger charge is 2.32.